The van der Waals surface area contributed by atoms with Crippen LogP contribution in [0.25, 0.3) is 0 Å². The Morgan fingerprint density at radius 3 is 2.77 bits per heavy atom. The third kappa shape index (κ3) is 4.47. The van der Waals surface area contributed by atoms with Gasteiger partial charge < -0.3 is 19.4 Å². The molecule has 1 spiro atoms. The number of likely N-dealkylation sites (tertiary alicyclic amines) is 2. The number of para-hydroxylation sites is 1. The highest BCUT2D eigenvalue weighted by Crippen LogP contribution is 2.39. The number of Topliss-reactive ketones (excluding diaryl/α,β-unsaturated/α-hetero) is 1. The summed E-state index contributed by atoms with van der Waals surface area (Å²) < 4.78 is 6.29. The average Bonchev–Trinajstić information content (AvgIpc) is 3.09. The first-order valence-electron chi connectivity index (χ1n) is 11.3. The number of fused-ring (bicyclic) bond motifs is 1. The van der Waals surface area contributed by atoms with Crippen molar-refractivity contribution in [3.63, 3.8) is 0 Å². The summed E-state index contributed by atoms with van der Waals surface area (Å²) in [5, 5.41) is 0. The molecule has 1 aromatic carbocycles. The number of benzene rings is 1. The molecule has 0 saturated carbocycles. The summed E-state index contributed by atoms with van der Waals surface area (Å²) >= 11 is 0. The van der Waals surface area contributed by atoms with Gasteiger partial charge in [0.1, 0.15) is 17.4 Å². The lowest BCUT2D eigenvalue weighted by Gasteiger charge is -2.37. The highest BCUT2D eigenvalue weighted by atomic mass is 16.5. The van der Waals surface area contributed by atoms with Crippen molar-refractivity contribution < 1.29 is 19.1 Å². The Morgan fingerprint density at radius 2 is 2.03 bits per heavy atom. The van der Waals surface area contributed by atoms with Gasteiger partial charge in [0, 0.05) is 39.5 Å². The highest BCUT2D eigenvalue weighted by Gasteiger charge is 2.44. The number of nitrogens with zero attached hydrogens (tertiary/aromatic N) is 3. The topological polar surface area (TPSA) is 70.2 Å². The lowest BCUT2D eigenvalue weighted by atomic mass is 9.84. The molecule has 0 aromatic heterocycles. The maximum absolute atomic E-state index is 13.1. The zero-order chi connectivity index (χ0) is 22.2. The molecule has 0 bridgehead atoms. The molecule has 3 heterocycles. The molecule has 7 heteroatoms. The highest BCUT2D eigenvalue weighted by molar-refractivity contribution is 6.00. The summed E-state index contributed by atoms with van der Waals surface area (Å²) in [5.74, 6) is 1.08. The minimum absolute atomic E-state index is 0.0233. The average molecular weight is 428 g/mol. The summed E-state index contributed by atoms with van der Waals surface area (Å²) in [6, 6.07) is 6.79. The van der Waals surface area contributed by atoms with Crippen molar-refractivity contribution in [2.24, 2.45) is 5.92 Å². The van der Waals surface area contributed by atoms with Gasteiger partial charge in [0.2, 0.25) is 11.8 Å². The van der Waals surface area contributed by atoms with Gasteiger partial charge in [0.25, 0.3) is 0 Å². The molecule has 0 unspecified atom stereocenters. The Bertz CT molecular complexity index is 872. The van der Waals surface area contributed by atoms with E-state index in [1.54, 1.807) is 15.9 Å². The third-order valence-electron chi connectivity index (χ3n) is 7.14. The monoisotopic (exact) mass is 427 g/mol. The largest absolute Gasteiger partial charge is 0.486 e. The van der Waals surface area contributed by atoms with Crippen LogP contribution in [0.5, 0.6) is 5.75 Å². The number of amides is 2. The SMILES string of the molecule is C[C@H](C(=O)N(C)C[C@H]1CCN(C)C1)N1CC[C@@]2(CCC1=O)CC(=O)c1ccccc1O2. The number of carbonyl (C=O) groups is 3. The predicted octanol–water partition coefficient (Wildman–Crippen LogP) is 2.20. The Hall–Kier alpha value is -2.41. The van der Waals surface area contributed by atoms with E-state index in [1.165, 1.54) is 0 Å². The first-order chi connectivity index (χ1) is 14.8. The second kappa shape index (κ2) is 8.61. The minimum Gasteiger partial charge on any atom is -0.486 e. The number of hydrogen-bond donors (Lipinski definition) is 0. The van der Waals surface area contributed by atoms with E-state index in [0.717, 1.165) is 19.5 Å². The lowest BCUT2D eigenvalue weighted by Crippen LogP contribution is -2.50. The smallest absolute Gasteiger partial charge is 0.244 e. The molecule has 3 atom stereocenters. The first kappa shape index (κ1) is 21.8. The van der Waals surface area contributed by atoms with Crippen LogP contribution in [0.15, 0.2) is 24.3 Å². The molecule has 0 N–H and O–H groups in total. The molecule has 4 rings (SSSR count). The van der Waals surface area contributed by atoms with E-state index in [-0.39, 0.29) is 30.4 Å². The van der Waals surface area contributed by atoms with Crippen LogP contribution >= 0.6 is 0 Å². The molecule has 31 heavy (non-hydrogen) atoms. The summed E-state index contributed by atoms with van der Waals surface area (Å²) in [6.45, 7) is 5.02. The molecule has 7 nitrogen and oxygen atoms in total. The molecular weight excluding hydrogens is 394 g/mol. The maximum atomic E-state index is 13.1. The van der Waals surface area contributed by atoms with Crippen LogP contribution in [0.3, 0.4) is 0 Å². The van der Waals surface area contributed by atoms with Crippen LogP contribution < -0.4 is 4.74 Å². The van der Waals surface area contributed by atoms with Crippen LogP contribution in [-0.2, 0) is 9.59 Å². The Balaban J connectivity index is 1.42. The molecule has 2 fully saturated rings. The summed E-state index contributed by atoms with van der Waals surface area (Å²) in [7, 11) is 3.94. The maximum Gasteiger partial charge on any atom is 0.244 e. The van der Waals surface area contributed by atoms with E-state index in [0.29, 0.717) is 43.2 Å². The number of carbonyl (C=O) groups excluding carboxylic acids is 3. The Kier molecular flexibility index (Phi) is 6.06. The van der Waals surface area contributed by atoms with Crippen LogP contribution in [0.2, 0.25) is 0 Å². The number of likely N-dealkylation sites (N-methyl/N-ethyl adjacent to an activating group) is 1. The van der Waals surface area contributed by atoms with Crippen molar-refractivity contribution >= 4 is 17.6 Å². The standard InChI is InChI=1S/C24H33N3O4/c1-17(23(30)26(3)16-18-9-12-25(2)15-18)27-13-11-24(10-8-22(27)29)14-20(28)19-6-4-5-7-21(19)31-24/h4-7,17-18H,8-16H2,1-3H3/t17-,18+,24+/m1/s1. The van der Waals surface area contributed by atoms with Gasteiger partial charge in [-0.05, 0) is 51.4 Å². The van der Waals surface area contributed by atoms with E-state index in [1.807, 2.05) is 32.2 Å². The van der Waals surface area contributed by atoms with E-state index in [9.17, 15) is 14.4 Å². The van der Waals surface area contributed by atoms with Crippen molar-refractivity contribution in [3.8, 4) is 5.75 Å². The van der Waals surface area contributed by atoms with Crippen LogP contribution in [0.1, 0.15) is 49.4 Å². The van der Waals surface area contributed by atoms with E-state index in [2.05, 4.69) is 11.9 Å². The first-order valence-corrected chi connectivity index (χ1v) is 11.3. The van der Waals surface area contributed by atoms with Crippen molar-refractivity contribution in [1.82, 2.24) is 14.7 Å². The van der Waals surface area contributed by atoms with E-state index in [4.69, 9.17) is 4.74 Å². The van der Waals surface area contributed by atoms with Gasteiger partial charge >= 0.3 is 0 Å². The van der Waals surface area contributed by atoms with Gasteiger partial charge in [-0.25, -0.2) is 0 Å². The van der Waals surface area contributed by atoms with Crippen molar-refractivity contribution in [3.05, 3.63) is 29.8 Å². The van der Waals surface area contributed by atoms with E-state index < -0.39 is 11.6 Å². The quantitative estimate of drug-likeness (QED) is 0.737. The molecule has 168 valence electrons. The van der Waals surface area contributed by atoms with E-state index >= 15 is 0 Å². The van der Waals surface area contributed by atoms with Crippen molar-refractivity contribution in [2.75, 3.05) is 40.3 Å². The van der Waals surface area contributed by atoms with Gasteiger partial charge in [0.05, 0.1) is 12.0 Å². The number of ether oxygens (including phenoxy) is 1. The van der Waals surface area contributed by atoms with Crippen molar-refractivity contribution in [1.29, 1.82) is 0 Å². The normalized spacial score (nSPS) is 27.6. The van der Waals surface area contributed by atoms with Gasteiger partial charge in [-0.3, -0.25) is 14.4 Å². The van der Waals surface area contributed by atoms with Crippen LogP contribution in [0.4, 0.5) is 0 Å². The molecular formula is C24H33N3O4. The molecule has 0 radical (unpaired) electrons. The minimum atomic E-state index is -0.668. The third-order valence-corrected chi connectivity index (χ3v) is 7.14. The zero-order valence-corrected chi connectivity index (χ0v) is 18.8. The molecule has 2 saturated heterocycles. The molecule has 0 aliphatic carbocycles. The molecule has 3 aliphatic rings. The van der Waals surface area contributed by atoms with Gasteiger partial charge in [0.15, 0.2) is 5.78 Å². The second-order valence-corrected chi connectivity index (χ2v) is 9.53. The fourth-order valence-electron chi connectivity index (χ4n) is 5.29. The summed E-state index contributed by atoms with van der Waals surface area (Å²) in [5.41, 5.74) is -0.0536. The number of ketones is 1. The summed E-state index contributed by atoms with van der Waals surface area (Å²) in [6.07, 6.45) is 2.70. The number of rotatable bonds is 4. The van der Waals surface area contributed by atoms with Crippen LogP contribution in [-0.4, -0.2) is 84.2 Å². The molecule has 1 aromatic rings. The molecule has 3 aliphatic heterocycles. The fourth-order valence-corrected chi connectivity index (χ4v) is 5.29. The second-order valence-electron chi connectivity index (χ2n) is 9.53. The van der Waals surface area contributed by atoms with Crippen molar-refractivity contribution in [2.45, 2.75) is 50.7 Å². The summed E-state index contributed by atoms with van der Waals surface area (Å²) in [4.78, 5) is 44.5. The zero-order valence-electron chi connectivity index (χ0n) is 18.8. The lowest BCUT2D eigenvalue weighted by molar-refractivity contribution is -0.144. The van der Waals surface area contributed by atoms with Gasteiger partial charge in [-0.1, -0.05) is 12.1 Å². The number of hydrogen-bond acceptors (Lipinski definition) is 5. The predicted molar refractivity (Wildman–Crippen MR) is 117 cm³/mol. The molecule has 2 amide bonds. The Morgan fingerprint density at radius 1 is 1.26 bits per heavy atom. The van der Waals surface area contributed by atoms with Gasteiger partial charge in [-0.15, -0.1) is 0 Å². The van der Waals surface area contributed by atoms with Crippen LogP contribution in [0, 0.1) is 5.92 Å². The Labute approximate surface area is 184 Å². The fraction of sp³-hybridized carbons (Fsp3) is 0.625. The van der Waals surface area contributed by atoms with Gasteiger partial charge in [-0.2, -0.15) is 0 Å².